The Bertz CT molecular complexity index is 1560. The average Bonchev–Trinajstić information content (AvgIpc) is 3.35. The predicted octanol–water partition coefficient (Wildman–Crippen LogP) is 1.74. The van der Waals surface area contributed by atoms with Crippen LogP contribution in [0.3, 0.4) is 0 Å². The van der Waals surface area contributed by atoms with Crippen LogP contribution < -0.4 is 10.9 Å². The number of aromatic nitrogens is 4. The zero-order valence-electron chi connectivity index (χ0n) is 17.8. The first kappa shape index (κ1) is 21.7. The van der Waals surface area contributed by atoms with Crippen molar-refractivity contribution in [2.75, 3.05) is 17.3 Å². The topological polar surface area (TPSA) is 115 Å². The fourth-order valence-corrected chi connectivity index (χ4v) is 6.50. The van der Waals surface area contributed by atoms with Crippen molar-refractivity contribution in [3.05, 3.63) is 64.4 Å². The molecule has 2 aromatic heterocycles. The Morgan fingerprint density at radius 2 is 2.00 bits per heavy atom. The Balaban J connectivity index is 1.52. The van der Waals surface area contributed by atoms with E-state index in [1.165, 1.54) is 16.3 Å². The lowest BCUT2D eigenvalue weighted by atomic mass is 10.2. The second-order valence-corrected chi connectivity index (χ2v) is 11.2. The largest absolute Gasteiger partial charge is 0.352 e. The van der Waals surface area contributed by atoms with Gasteiger partial charge in [0.25, 0.3) is 5.56 Å². The first-order valence-corrected chi connectivity index (χ1v) is 13.2. The Morgan fingerprint density at radius 1 is 1.18 bits per heavy atom. The molecule has 5 rings (SSSR count). The van der Waals surface area contributed by atoms with Crippen LogP contribution in [0.1, 0.15) is 12.0 Å². The van der Waals surface area contributed by atoms with Crippen LogP contribution >= 0.6 is 11.8 Å². The lowest BCUT2D eigenvalue weighted by molar-refractivity contribution is -0.119. The van der Waals surface area contributed by atoms with Crippen molar-refractivity contribution in [3.63, 3.8) is 0 Å². The van der Waals surface area contributed by atoms with Gasteiger partial charge in [0, 0.05) is 6.04 Å². The van der Waals surface area contributed by atoms with Crippen molar-refractivity contribution in [3.8, 4) is 5.69 Å². The van der Waals surface area contributed by atoms with Crippen molar-refractivity contribution >= 4 is 44.2 Å². The Kier molecular flexibility index (Phi) is 5.45. The molecule has 9 nitrogen and oxygen atoms in total. The molecule has 1 aliphatic heterocycles. The summed E-state index contributed by atoms with van der Waals surface area (Å²) in [5.41, 5.74) is 2.13. The third-order valence-corrected chi connectivity index (χ3v) is 8.28. The van der Waals surface area contributed by atoms with Gasteiger partial charge in [-0.1, -0.05) is 36.0 Å². The number of rotatable bonds is 5. The minimum Gasteiger partial charge on any atom is -0.352 e. The van der Waals surface area contributed by atoms with Gasteiger partial charge in [-0.3, -0.25) is 14.0 Å². The summed E-state index contributed by atoms with van der Waals surface area (Å²) in [5, 5.41) is 12.3. The quantitative estimate of drug-likeness (QED) is 0.430. The highest BCUT2D eigenvalue weighted by atomic mass is 32.2. The van der Waals surface area contributed by atoms with E-state index in [1.54, 1.807) is 16.5 Å². The number of thioether (sulfide) groups is 1. The van der Waals surface area contributed by atoms with Gasteiger partial charge in [-0.15, -0.1) is 10.2 Å². The predicted molar refractivity (Wildman–Crippen MR) is 127 cm³/mol. The third kappa shape index (κ3) is 4.13. The summed E-state index contributed by atoms with van der Waals surface area (Å²) in [6.07, 6.45) is 0.431. The molecular formula is C22H21N5O4S2. The van der Waals surface area contributed by atoms with Crippen LogP contribution in [0.2, 0.25) is 0 Å². The zero-order chi connectivity index (χ0) is 23.2. The number of carbonyl (C=O) groups is 1. The number of fused-ring (bicyclic) bond motifs is 3. The van der Waals surface area contributed by atoms with Crippen LogP contribution in [0.25, 0.3) is 22.4 Å². The van der Waals surface area contributed by atoms with Gasteiger partial charge in [0.2, 0.25) is 11.7 Å². The van der Waals surface area contributed by atoms with Gasteiger partial charge in [-0.05, 0) is 43.2 Å². The minimum atomic E-state index is -3.07. The maximum Gasteiger partial charge on any atom is 0.267 e. The fraction of sp³-hybridized carbons (Fsp3) is 0.273. The number of nitrogens with one attached hydrogen (secondary N) is 1. The monoisotopic (exact) mass is 483 g/mol. The number of benzene rings is 2. The summed E-state index contributed by atoms with van der Waals surface area (Å²) >= 11 is 1.19. The molecule has 0 bridgehead atoms. The molecule has 0 radical (unpaired) electrons. The number of hydrogen-bond donors (Lipinski definition) is 1. The smallest absolute Gasteiger partial charge is 0.267 e. The molecule has 1 atom stereocenters. The van der Waals surface area contributed by atoms with Gasteiger partial charge in [0.05, 0.1) is 33.8 Å². The first-order chi connectivity index (χ1) is 15.8. The van der Waals surface area contributed by atoms with E-state index in [0.29, 0.717) is 33.9 Å². The van der Waals surface area contributed by atoms with E-state index in [4.69, 9.17) is 0 Å². The number of amides is 1. The third-order valence-electron chi connectivity index (χ3n) is 5.58. The van der Waals surface area contributed by atoms with Crippen molar-refractivity contribution in [2.45, 2.75) is 24.5 Å². The van der Waals surface area contributed by atoms with E-state index in [1.807, 2.05) is 43.3 Å². The fourth-order valence-electron chi connectivity index (χ4n) is 4.08. The zero-order valence-corrected chi connectivity index (χ0v) is 19.4. The first-order valence-electron chi connectivity index (χ1n) is 10.4. The van der Waals surface area contributed by atoms with E-state index in [-0.39, 0.29) is 34.8 Å². The number of sulfone groups is 1. The second-order valence-electron chi connectivity index (χ2n) is 8.07. The van der Waals surface area contributed by atoms with Gasteiger partial charge in [-0.2, -0.15) is 0 Å². The maximum atomic E-state index is 13.3. The van der Waals surface area contributed by atoms with E-state index in [9.17, 15) is 18.0 Å². The van der Waals surface area contributed by atoms with E-state index in [2.05, 4.69) is 15.5 Å². The highest BCUT2D eigenvalue weighted by Crippen LogP contribution is 2.23. The van der Waals surface area contributed by atoms with Crippen molar-refractivity contribution in [1.29, 1.82) is 0 Å². The maximum absolute atomic E-state index is 13.3. The summed E-state index contributed by atoms with van der Waals surface area (Å²) in [4.78, 5) is 25.8. The molecule has 0 aliphatic carbocycles. The normalized spacial score (nSPS) is 17.5. The van der Waals surface area contributed by atoms with Crippen LogP contribution in [0.4, 0.5) is 0 Å². The molecule has 1 N–H and O–H groups in total. The number of hydrogen-bond acceptors (Lipinski definition) is 7. The molecule has 1 unspecified atom stereocenters. The molecular weight excluding hydrogens is 462 g/mol. The summed E-state index contributed by atoms with van der Waals surface area (Å²) < 4.78 is 26.6. The van der Waals surface area contributed by atoms with Crippen molar-refractivity contribution < 1.29 is 13.2 Å². The standard InChI is InChI=1S/C22H21N5O4S2/c1-14-5-4-6-16(11-14)26-20(29)17-7-2-3-8-18(17)27-21(26)24-25-22(27)32-12-19(28)23-15-9-10-33(30,31)13-15/h2-8,11,15H,9-10,12-13H2,1H3,(H,23,28). The Morgan fingerprint density at radius 3 is 2.76 bits per heavy atom. The van der Waals surface area contributed by atoms with E-state index in [0.717, 1.165) is 5.56 Å². The molecule has 33 heavy (non-hydrogen) atoms. The van der Waals surface area contributed by atoms with Gasteiger partial charge in [-0.25, -0.2) is 13.0 Å². The molecule has 1 fully saturated rings. The lowest BCUT2D eigenvalue weighted by Crippen LogP contribution is -2.36. The van der Waals surface area contributed by atoms with Gasteiger partial charge < -0.3 is 5.32 Å². The van der Waals surface area contributed by atoms with Crippen LogP contribution in [-0.2, 0) is 14.6 Å². The van der Waals surface area contributed by atoms with Crippen LogP contribution in [0.5, 0.6) is 0 Å². The summed E-state index contributed by atoms with van der Waals surface area (Å²) in [6.45, 7) is 1.95. The van der Waals surface area contributed by atoms with Crippen LogP contribution in [0, 0.1) is 6.92 Å². The van der Waals surface area contributed by atoms with Crippen molar-refractivity contribution in [1.82, 2.24) is 24.5 Å². The summed E-state index contributed by atoms with van der Waals surface area (Å²) in [5.74, 6) is 0.215. The number of aryl methyl sites for hydroxylation is 1. The molecule has 0 saturated carbocycles. The van der Waals surface area contributed by atoms with E-state index >= 15 is 0 Å². The summed E-state index contributed by atoms with van der Waals surface area (Å²) in [6, 6.07) is 14.4. The second kappa shape index (κ2) is 8.31. The molecule has 3 heterocycles. The molecule has 0 spiro atoms. The molecule has 1 saturated heterocycles. The number of carbonyl (C=O) groups excluding carboxylic acids is 1. The van der Waals surface area contributed by atoms with Gasteiger partial charge in [0.15, 0.2) is 15.0 Å². The molecule has 1 aliphatic rings. The van der Waals surface area contributed by atoms with E-state index < -0.39 is 9.84 Å². The Hall–Kier alpha value is -3.18. The molecule has 1 amide bonds. The molecule has 2 aromatic carbocycles. The highest BCUT2D eigenvalue weighted by molar-refractivity contribution is 7.99. The average molecular weight is 484 g/mol. The van der Waals surface area contributed by atoms with Crippen LogP contribution in [0.15, 0.2) is 58.5 Å². The SMILES string of the molecule is Cc1cccc(-n2c(=O)c3ccccc3n3c(SCC(=O)NC4CCS(=O)(=O)C4)nnc23)c1. The number of nitrogens with zero attached hydrogens (tertiary/aromatic N) is 4. The van der Waals surface area contributed by atoms with Crippen molar-refractivity contribution in [2.24, 2.45) is 0 Å². The summed E-state index contributed by atoms with van der Waals surface area (Å²) in [7, 11) is -3.07. The Labute approximate surface area is 193 Å². The highest BCUT2D eigenvalue weighted by Gasteiger charge is 2.29. The van der Waals surface area contributed by atoms with Gasteiger partial charge >= 0.3 is 0 Å². The molecule has 4 aromatic rings. The molecule has 170 valence electrons. The lowest BCUT2D eigenvalue weighted by Gasteiger charge is -2.12. The van der Waals surface area contributed by atoms with Gasteiger partial charge in [0.1, 0.15) is 0 Å². The molecule has 11 heteroatoms. The number of para-hydroxylation sites is 1. The van der Waals surface area contributed by atoms with Crippen LogP contribution in [-0.4, -0.2) is 56.8 Å². The minimum absolute atomic E-state index is 0.0231.